The molecule has 0 saturated heterocycles. The topological polar surface area (TPSA) is 91.9 Å². The van der Waals surface area contributed by atoms with Crippen LogP contribution in [0.3, 0.4) is 0 Å². The van der Waals surface area contributed by atoms with Crippen molar-refractivity contribution in [1.82, 2.24) is 5.32 Å². The highest BCUT2D eigenvalue weighted by Gasteiger charge is 2.15. The minimum Gasteiger partial charge on any atom is -0.493 e. The fourth-order valence-corrected chi connectivity index (χ4v) is 4.12. The zero-order valence-electron chi connectivity index (χ0n) is 18.9. The summed E-state index contributed by atoms with van der Waals surface area (Å²) in [6, 6.07) is 13.1. The SMILES string of the molecule is O=P(O)(O)CCCNCc1cc(-c2ccco2)c(OCCCCCc2ccc(F)cc2)cc1F. The molecular formula is C25H30F2NO5P. The first-order valence-corrected chi connectivity index (χ1v) is 13.1. The van der Waals surface area contributed by atoms with Gasteiger partial charge in [0.15, 0.2) is 0 Å². The molecule has 0 unspecified atom stereocenters. The third kappa shape index (κ3) is 8.69. The Labute approximate surface area is 198 Å². The van der Waals surface area contributed by atoms with E-state index in [1.807, 2.05) is 0 Å². The van der Waals surface area contributed by atoms with Crippen molar-refractivity contribution in [3.05, 3.63) is 77.6 Å². The Bertz CT molecular complexity index is 1070. The van der Waals surface area contributed by atoms with E-state index < -0.39 is 13.4 Å². The lowest BCUT2D eigenvalue weighted by molar-refractivity contribution is 0.304. The van der Waals surface area contributed by atoms with Crippen molar-refractivity contribution < 1.29 is 32.3 Å². The highest BCUT2D eigenvalue weighted by atomic mass is 31.2. The van der Waals surface area contributed by atoms with Crippen molar-refractivity contribution in [2.24, 2.45) is 0 Å². The fourth-order valence-electron chi connectivity index (χ4n) is 3.55. The van der Waals surface area contributed by atoms with Crippen LogP contribution in [0, 0.1) is 11.6 Å². The number of unbranched alkanes of at least 4 members (excludes halogenated alkanes) is 2. The van der Waals surface area contributed by atoms with Gasteiger partial charge in [-0.15, -0.1) is 0 Å². The van der Waals surface area contributed by atoms with Crippen LogP contribution in [0.15, 0.2) is 59.2 Å². The molecule has 34 heavy (non-hydrogen) atoms. The maximum atomic E-state index is 14.7. The van der Waals surface area contributed by atoms with Gasteiger partial charge in [0.2, 0.25) is 0 Å². The molecule has 0 aliphatic heterocycles. The maximum absolute atomic E-state index is 14.7. The molecule has 0 atom stereocenters. The summed E-state index contributed by atoms with van der Waals surface area (Å²) in [6.07, 6.45) is 5.15. The molecule has 184 valence electrons. The van der Waals surface area contributed by atoms with Gasteiger partial charge >= 0.3 is 7.60 Å². The van der Waals surface area contributed by atoms with E-state index in [2.05, 4.69) is 5.32 Å². The van der Waals surface area contributed by atoms with Crippen LogP contribution in [-0.2, 0) is 17.5 Å². The monoisotopic (exact) mass is 493 g/mol. The Morgan fingerprint density at radius 3 is 2.50 bits per heavy atom. The van der Waals surface area contributed by atoms with Crippen molar-refractivity contribution in [2.45, 2.75) is 38.6 Å². The van der Waals surface area contributed by atoms with E-state index in [-0.39, 0.29) is 18.5 Å². The van der Waals surface area contributed by atoms with Gasteiger partial charge in [-0.2, -0.15) is 0 Å². The van der Waals surface area contributed by atoms with Crippen LogP contribution in [0.2, 0.25) is 0 Å². The predicted molar refractivity (Wildman–Crippen MR) is 127 cm³/mol. The normalized spacial score (nSPS) is 11.6. The van der Waals surface area contributed by atoms with Crippen LogP contribution in [0.1, 0.15) is 36.8 Å². The minimum atomic E-state index is -4.03. The fraction of sp³-hybridized carbons (Fsp3) is 0.360. The molecule has 3 aromatic rings. The van der Waals surface area contributed by atoms with Crippen LogP contribution < -0.4 is 10.1 Å². The molecule has 0 aliphatic carbocycles. The Hall–Kier alpha value is -2.51. The lowest BCUT2D eigenvalue weighted by atomic mass is 10.1. The third-order valence-electron chi connectivity index (χ3n) is 5.33. The van der Waals surface area contributed by atoms with Crippen molar-refractivity contribution in [3.8, 4) is 17.1 Å². The quantitative estimate of drug-likeness (QED) is 0.198. The number of benzene rings is 2. The lowest BCUT2D eigenvalue weighted by Crippen LogP contribution is -2.17. The van der Waals surface area contributed by atoms with E-state index in [9.17, 15) is 13.3 Å². The molecule has 0 aliphatic rings. The standard InChI is InChI=1S/C25H30F2NO5P/c26-21-10-8-19(9-11-21)6-2-1-3-13-33-25-17-23(27)20(16-22(25)24-7-4-14-32-24)18-28-12-5-15-34(29,30)31/h4,7-11,14,16-17,28H,1-3,5-6,12-13,15,18H2,(H2,29,30,31). The van der Waals surface area contributed by atoms with Gasteiger partial charge in [-0.25, -0.2) is 8.78 Å². The Morgan fingerprint density at radius 2 is 1.79 bits per heavy atom. The van der Waals surface area contributed by atoms with Gasteiger partial charge in [-0.3, -0.25) is 4.57 Å². The van der Waals surface area contributed by atoms with Gasteiger partial charge in [0.25, 0.3) is 0 Å². The molecule has 3 rings (SSSR count). The van der Waals surface area contributed by atoms with E-state index in [4.69, 9.17) is 18.9 Å². The molecule has 0 spiro atoms. The summed E-state index contributed by atoms with van der Waals surface area (Å²) in [4.78, 5) is 17.8. The summed E-state index contributed by atoms with van der Waals surface area (Å²) in [5, 5.41) is 3.01. The molecule has 1 aromatic heterocycles. The van der Waals surface area contributed by atoms with Crippen molar-refractivity contribution in [1.29, 1.82) is 0 Å². The third-order valence-corrected chi connectivity index (χ3v) is 6.23. The zero-order chi connectivity index (χ0) is 24.4. The molecule has 6 nitrogen and oxygen atoms in total. The number of furan rings is 1. The number of hydrogen-bond acceptors (Lipinski definition) is 4. The largest absolute Gasteiger partial charge is 0.493 e. The van der Waals surface area contributed by atoms with Gasteiger partial charge < -0.3 is 24.3 Å². The molecular weight excluding hydrogens is 463 g/mol. The summed E-state index contributed by atoms with van der Waals surface area (Å²) in [5.74, 6) is 0.299. The second-order valence-electron chi connectivity index (χ2n) is 8.12. The number of ether oxygens (including phenoxy) is 1. The molecule has 0 saturated carbocycles. The van der Waals surface area contributed by atoms with E-state index >= 15 is 0 Å². The van der Waals surface area contributed by atoms with Gasteiger partial charge in [-0.05, 0) is 74.5 Å². The summed E-state index contributed by atoms with van der Waals surface area (Å²) in [5.41, 5.74) is 2.15. The number of hydrogen-bond donors (Lipinski definition) is 3. The first-order valence-electron chi connectivity index (χ1n) is 11.3. The van der Waals surface area contributed by atoms with Crippen LogP contribution in [-0.4, -0.2) is 29.1 Å². The van der Waals surface area contributed by atoms with Crippen LogP contribution in [0.4, 0.5) is 8.78 Å². The van der Waals surface area contributed by atoms with Crippen LogP contribution in [0.25, 0.3) is 11.3 Å². The Kier molecular flexibility index (Phi) is 9.84. The Balaban J connectivity index is 1.52. The van der Waals surface area contributed by atoms with E-state index in [0.717, 1.165) is 31.2 Å². The van der Waals surface area contributed by atoms with Gasteiger partial charge in [0.1, 0.15) is 23.1 Å². The number of halogens is 2. The second kappa shape index (κ2) is 12.8. The highest BCUT2D eigenvalue weighted by Crippen LogP contribution is 2.35. The highest BCUT2D eigenvalue weighted by molar-refractivity contribution is 7.51. The summed E-state index contributed by atoms with van der Waals surface area (Å²) in [6.45, 7) is 0.998. The van der Waals surface area contributed by atoms with E-state index in [0.29, 0.717) is 42.2 Å². The smallest absolute Gasteiger partial charge is 0.325 e. The molecule has 3 N–H and O–H groups in total. The lowest BCUT2D eigenvalue weighted by Gasteiger charge is -2.14. The average Bonchev–Trinajstić information content (AvgIpc) is 3.32. The minimum absolute atomic E-state index is 0.212. The predicted octanol–water partition coefficient (Wildman–Crippen LogP) is 5.67. The van der Waals surface area contributed by atoms with Crippen LogP contribution in [0.5, 0.6) is 5.75 Å². The first kappa shape index (κ1) is 26.1. The van der Waals surface area contributed by atoms with Crippen LogP contribution >= 0.6 is 7.60 Å². The van der Waals surface area contributed by atoms with Crippen molar-refractivity contribution in [3.63, 3.8) is 0 Å². The van der Waals surface area contributed by atoms with Crippen molar-refractivity contribution >= 4 is 7.60 Å². The van der Waals surface area contributed by atoms with Gasteiger partial charge in [0.05, 0.1) is 24.6 Å². The number of aryl methyl sites for hydroxylation is 1. The van der Waals surface area contributed by atoms with E-state index in [1.54, 1.807) is 30.3 Å². The first-order chi connectivity index (χ1) is 16.3. The molecule has 0 radical (unpaired) electrons. The zero-order valence-corrected chi connectivity index (χ0v) is 19.8. The van der Waals surface area contributed by atoms with Gasteiger partial charge in [-0.1, -0.05) is 12.1 Å². The summed E-state index contributed by atoms with van der Waals surface area (Å²) >= 11 is 0. The molecule has 0 fully saturated rings. The molecule has 0 amide bonds. The average molecular weight is 493 g/mol. The number of nitrogens with one attached hydrogen (secondary N) is 1. The van der Waals surface area contributed by atoms with Gasteiger partial charge in [0, 0.05) is 18.2 Å². The Morgan fingerprint density at radius 1 is 1.00 bits per heavy atom. The van der Waals surface area contributed by atoms with Crippen molar-refractivity contribution in [2.75, 3.05) is 19.3 Å². The van der Waals surface area contributed by atoms with E-state index in [1.165, 1.54) is 24.5 Å². The molecule has 2 aromatic carbocycles. The number of rotatable bonds is 14. The molecule has 0 bridgehead atoms. The second-order valence-corrected chi connectivity index (χ2v) is 9.90. The summed E-state index contributed by atoms with van der Waals surface area (Å²) < 4.78 is 50.0. The molecule has 1 heterocycles. The maximum Gasteiger partial charge on any atom is 0.325 e. The summed E-state index contributed by atoms with van der Waals surface area (Å²) in [7, 11) is -4.03. The molecule has 9 heteroatoms.